The largest absolute Gasteiger partial charge is 0.324 e. The molecule has 1 nitrogen and oxygen atoms in total. The van der Waals surface area contributed by atoms with Crippen LogP contribution < -0.4 is 5.73 Å². The van der Waals surface area contributed by atoms with Crippen molar-refractivity contribution in [1.82, 2.24) is 0 Å². The van der Waals surface area contributed by atoms with Crippen molar-refractivity contribution in [3.63, 3.8) is 0 Å². The third kappa shape index (κ3) is 3.24. The first kappa shape index (κ1) is 14.3. The summed E-state index contributed by atoms with van der Waals surface area (Å²) in [6.45, 7) is 0. The fraction of sp³-hybridized carbons (Fsp3) is 0.143. The Morgan fingerprint density at radius 2 is 1.79 bits per heavy atom. The molecule has 0 amide bonds. The molecule has 0 aliphatic carbocycles. The molecular weight excluding hydrogens is 291 g/mol. The molecule has 0 aromatic heterocycles. The standard InChI is InChI=1S/C14H11Cl2F2N/c15-9-4-5-11(17)8(6-9)7-13(19)14-10(16)2-1-3-12(14)18/h1-6,13H,7,19H2. The highest BCUT2D eigenvalue weighted by Crippen LogP contribution is 2.28. The fourth-order valence-corrected chi connectivity index (χ4v) is 2.40. The van der Waals surface area contributed by atoms with Gasteiger partial charge in [-0.25, -0.2) is 8.78 Å². The van der Waals surface area contributed by atoms with Crippen molar-refractivity contribution >= 4 is 23.2 Å². The van der Waals surface area contributed by atoms with Crippen LogP contribution in [-0.2, 0) is 6.42 Å². The first-order chi connectivity index (χ1) is 8.99. The van der Waals surface area contributed by atoms with Crippen LogP contribution >= 0.6 is 23.2 Å². The number of hydrogen-bond acceptors (Lipinski definition) is 1. The highest BCUT2D eigenvalue weighted by molar-refractivity contribution is 6.31. The molecule has 2 N–H and O–H groups in total. The molecule has 0 bridgehead atoms. The van der Waals surface area contributed by atoms with E-state index in [4.69, 9.17) is 28.9 Å². The van der Waals surface area contributed by atoms with Gasteiger partial charge in [-0.05, 0) is 42.3 Å². The monoisotopic (exact) mass is 301 g/mol. The van der Waals surface area contributed by atoms with E-state index in [9.17, 15) is 8.78 Å². The van der Waals surface area contributed by atoms with E-state index in [0.29, 0.717) is 10.6 Å². The normalized spacial score (nSPS) is 12.5. The molecular formula is C14H11Cl2F2N. The Labute approximate surface area is 119 Å². The zero-order valence-corrected chi connectivity index (χ0v) is 11.3. The van der Waals surface area contributed by atoms with Gasteiger partial charge in [-0.15, -0.1) is 0 Å². The molecule has 0 saturated carbocycles. The van der Waals surface area contributed by atoms with E-state index in [1.165, 1.54) is 30.3 Å². The summed E-state index contributed by atoms with van der Waals surface area (Å²) in [7, 11) is 0. The van der Waals surface area contributed by atoms with Crippen LogP contribution in [0.15, 0.2) is 36.4 Å². The third-order valence-electron chi connectivity index (χ3n) is 2.82. The second-order valence-corrected chi connectivity index (χ2v) is 5.03. The molecule has 2 aromatic rings. The Hall–Kier alpha value is -1.16. The van der Waals surface area contributed by atoms with E-state index in [2.05, 4.69) is 0 Å². The van der Waals surface area contributed by atoms with Crippen molar-refractivity contribution in [1.29, 1.82) is 0 Å². The third-order valence-corrected chi connectivity index (χ3v) is 3.38. The fourth-order valence-electron chi connectivity index (χ4n) is 1.90. The first-order valence-corrected chi connectivity index (χ1v) is 6.38. The minimum atomic E-state index is -0.735. The van der Waals surface area contributed by atoms with E-state index in [0.717, 1.165) is 0 Å². The van der Waals surface area contributed by atoms with Crippen LogP contribution in [0, 0.1) is 11.6 Å². The molecule has 1 unspecified atom stereocenters. The van der Waals surface area contributed by atoms with E-state index < -0.39 is 17.7 Å². The molecule has 0 spiro atoms. The van der Waals surface area contributed by atoms with Crippen molar-refractivity contribution in [2.24, 2.45) is 5.73 Å². The number of rotatable bonds is 3. The van der Waals surface area contributed by atoms with Crippen molar-refractivity contribution in [2.45, 2.75) is 12.5 Å². The summed E-state index contributed by atoms with van der Waals surface area (Å²) in [5.74, 6) is -0.922. The van der Waals surface area contributed by atoms with Crippen LogP contribution in [0.25, 0.3) is 0 Å². The van der Waals surface area contributed by atoms with Gasteiger partial charge in [0.05, 0.1) is 0 Å². The highest BCUT2D eigenvalue weighted by atomic mass is 35.5. The summed E-state index contributed by atoms with van der Waals surface area (Å²) < 4.78 is 27.3. The number of halogens is 4. The molecule has 0 fully saturated rings. The maximum absolute atomic E-state index is 13.7. The zero-order valence-electron chi connectivity index (χ0n) is 9.84. The van der Waals surface area contributed by atoms with Gasteiger partial charge < -0.3 is 5.73 Å². The lowest BCUT2D eigenvalue weighted by molar-refractivity contribution is 0.563. The topological polar surface area (TPSA) is 26.0 Å². The maximum Gasteiger partial charge on any atom is 0.129 e. The zero-order chi connectivity index (χ0) is 14.0. The van der Waals surface area contributed by atoms with Crippen LogP contribution in [0.5, 0.6) is 0 Å². The molecule has 0 heterocycles. The van der Waals surface area contributed by atoms with Crippen LogP contribution in [-0.4, -0.2) is 0 Å². The van der Waals surface area contributed by atoms with Gasteiger partial charge in [0.25, 0.3) is 0 Å². The van der Waals surface area contributed by atoms with Gasteiger partial charge in [-0.3, -0.25) is 0 Å². The molecule has 0 aliphatic heterocycles. The summed E-state index contributed by atoms with van der Waals surface area (Å²) in [6.07, 6.45) is 0.118. The highest BCUT2D eigenvalue weighted by Gasteiger charge is 2.17. The SMILES string of the molecule is NC(Cc1cc(Cl)ccc1F)c1c(F)cccc1Cl. The summed E-state index contributed by atoms with van der Waals surface area (Å²) in [5.41, 5.74) is 6.43. The number of nitrogens with two attached hydrogens (primary N) is 1. The summed E-state index contributed by atoms with van der Waals surface area (Å²) >= 11 is 11.7. The number of benzene rings is 2. The minimum Gasteiger partial charge on any atom is -0.324 e. The summed E-state index contributed by atoms with van der Waals surface area (Å²) in [4.78, 5) is 0. The van der Waals surface area contributed by atoms with Crippen molar-refractivity contribution in [3.05, 3.63) is 69.2 Å². The second-order valence-electron chi connectivity index (χ2n) is 4.18. The lowest BCUT2D eigenvalue weighted by Crippen LogP contribution is -2.16. The predicted molar refractivity (Wildman–Crippen MR) is 73.5 cm³/mol. The van der Waals surface area contributed by atoms with Gasteiger partial charge in [-0.1, -0.05) is 29.3 Å². The van der Waals surface area contributed by atoms with E-state index in [1.807, 2.05) is 0 Å². The van der Waals surface area contributed by atoms with Gasteiger partial charge in [-0.2, -0.15) is 0 Å². The predicted octanol–water partition coefficient (Wildman–Crippen LogP) is 4.51. The van der Waals surface area contributed by atoms with E-state index >= 15 is 0 Å². The van der Waals surface area contributed by atoms with Crippen LogP contribution in [0.4, 0.5) is 8.78 Å². The lowest BCUT2D eigenvalue weighted by Gasteiger charge is -2.15. The molecule has 1 atom stereocenters. The maximum atomic E-state index is 13.7. The van der Waals surface area contributed by atoms with Gasteiger partial charge in [0.1, 0.15) is 11.6 Å². The molecule has 0 aliphatic rings. The molecule has 2 rings (SSSR count). The van der Waals surface area contributed by atoms with Crippen LogP contribution in [0.2, 0.25) is 10.0 Å². The van der Waals surface area contributed by atoms with Crippen molar-refractivity contribution in [2.75, 3.05) is 0 Å². The van der Waals surface area contributed by atoms with Crippen LogP contribution in [0.1, 0.15) is 17.2 Å². The molecule has 5 heteroatoms. The Bertz CT molecular complexity index is 582. The average Bonchev–Trinajstić information content (AvgIpc) is 2.33. The second kappa shape index (κ2) is 5.87. The Kier molecular flexibility index (Phi) is 4.40. The van der Waals surface area contributed by atoms with E-state index in [-0.39, 0.29) is 17.0 Å². The smallest absolute Gasteiger partial charge is 0.129 e. The number of hydrogen-bond donors (Lipinski definition) is 1. The lowest BCUT2D eigenvalue weighted by atomic mass is 9.99. The van der Waals surface area contributed by atoms with Gasteiger partial charge >= 0.3 is 0 Å². The quantitative estimate of drug-likeness (QED) is 0.886. The van der Waals surface area contributed by atoms with Gasteiger partial charge in [0.2, 0.25) is 0 Å². The molecule has 0 radical (unpaired) electrons. The molecule has 0 saturated heterocycles. The van der Waals surface area contributed by atoms with E-state index in [1.54, 1.807) is 6.07 Å². The Morgan fingerprint density at radius 1 is 1.05 bits per heavy atom. The molecule has 19 heavy (non-hydrogen) atoms. The summed E-state index contributed by atoms with van der Waals surface area (Å²) in [6, 6.07) is 7.76. The first-order valence-electron chi connectivity index (χ1n) is 5.62. The minimum absolute atomic E-state index is 0.118. The van der Waals surface area contributed by atoms with Crippen molar-refractivity contribution < 1.29 is 8.78 Å². The van der Waals surface area contributed by atoms with Crippen LogP contribution in [0.3, 0.4) is 0 Å². The molecule has 100 valence electrons. The Morgan fingerprint density at radius 3 is 2.47 bits per heavy atom. The van der Waals surface area contributed by atoms with Gasteiger partial charge in [0.15, 0.2) is 0 Å². The van der Waals surface area contributed by atoms with Crippen molar-refractivity contribution in [3.8, 4) is 0 Å². The molecule has 2 aromatic carbocycles. The average molecular weight is 302 g/mol. The Balaban J connectivity index is 2.31. The summed E-state index contributed by atoms with van der Waals surface area (Å²) in [5, 5.41) is 0.637. The van der Waals surface area contributed by atoms with Gasteiger partial charge in [0, 0.05) is 21.7 Å².